The number of aryl methyl sites for hydroxylation is 2. The number of aliphatic hydroxyl groups excluding tert-OH is 1. The Bertz CT molecular complexity index is 933. The van der Waals surface area contributed by atoms with Crippen molar-refractivity contribution in [3.63, 3.8) is 0 Å². The fraction of sp³-hybridized carbons (Fsp3) is 0.600. The molecule has 2 aromatic rings. The highest BCUT2D eigenvalue weighted by Crippen LogP contribution is 2.63. The van der Waals surface area contributed by atoms with Gasteiger partial charge >= 0.3 is 0 Å². The lowest BCUT2D eigenvalue weighted by Gasteiger charge is -2.51. The van der Waals surface area contributed by atoms with Crippen molar-refractivity contribution in [1.82, 2.24) is 0 Å². The summed E-state index contributed by atoms with van der Waals surface area (Å²) in [5.74, 6) is 4.16. The van der Waals surface area contributed by atoms with Crippen molar-refractivity contribution in [3.05, 3.63) is 64.7 Å². The Morgan fingerprint density at radius 3 is 2.66 bits per heavy atom. The molecule has 3 aliphatic carbocycles. The summed E-state index contributed by atoms with van der Waals surface area (Å²) in [4.78, 5) is 0. The summed E-state index contributed by atoms with van der Waals surface area (Å²) in [7, 11) is 0. The van der Waals surface area contributed by atoms with Crippen LogP contribution in [0, 0.1) is 23.2 Å². The molecule has 0 radical (unpaired) electrons. The van der Waals surface area contributed by atoms with E-state index in [4.69, 9.17) is 4.74 Å². The van der Waals surface area contributed by atoms with Gasteiger partial charge in [0.1, 0.15) is 12.4 Å². The predicted molar refractivity (Wildman–Crippen MR) is 131 cm³/mol. The first-order valence-electron chi connectivity index (χ1n) is 13.0. The highest BCUT2D eigenvalue weighted by Gasteiger charge is 2.54. The summed E-state index contributed by atoms with van der Waals surface area (Å²) >= 11 is 0. The second-order valence-electron chi connectivity index (χ2n) is 11.1. The van der Waals surface area contributed by atoms with Gasteiger partial charge in [0.15, 0.2) is 0 Å². The fourth-order valence-corrected chi connectivity index (χ4v) is 7.70. The Morgan fingerprint density at radius 1 is 1.09 bits per heavy atom. The molecular formula is C30H40O2. The van der Waals surface area contributed by atoms with Crippen molar-refractivity contribution < 1.29 is 9.84 Å². The summed E-state index contributed by atoms with van der Waals surface area (Å²) in [6.07, 6.45) is 9.67. The van der Waals surface area contributed by atoms with Gasteiger partial charge in [-0.15, -0.1) is 0 Å². The summed E-state index contributed by atoms with van der Waals surface area (Å²) in [6, 6.07) is 15.4. The zero-order valence-electron chi connectivity index (χ0n) is 20.1. The van der Waals surface area contributed by atoms with Crippen LogP contribution >= 0.6 is 0 Å². The van der Waals surface area contributed by atoms with E-state index in [0.29, 0.717) is 17.9 Å². The Hall–Kier alpha value is -1.80. The van der Waals surface area contributed by atoms with E-state index in [-0.39, 0.29) is 6.10 Å². The van der Waals surface area contributed by atoms with E-state index in [1.54, 1.807) is 5.56 Å². The number of hydrogen-bond donors (Lipinski definition) is 1. The maximum atomic E-state index is 10.1. The molecule has 2 saturated carbocycles. The smallest absolute Gasteiger partial charge is 0.123 e. The second-order valence-corrected chi connectivity index (χ2v) is 11.1. The Labute approximate surface area is 194 Å². The standard InChI is InChI=1S/C30H40O2/c1-4-22-17-27-23(18-29(22)32-19-21-8-6-5-7-9-21)10-12-26-25(27)14-15-30(3)24(16-20(2)31)11-13-28(26)30/h5-9,17-18,20,24-26,28,31H,4,10-16,19H2,1-3H3/t20?,24-,25?,26?,28?,30-/m1/s1. The third-order valence-corrected chi connectivity index (χ3v) is 9.35. The van der Waals surface area contributed by atoms with Gasteiger partial charge in [-0.1, -0.05) is 50.2 Å². The van der Waals surface area contributed by atoms with Gasteiger partial charge in [0.05, 0.1) is 6.10 Å². The molecule has 2 heteroatoms. The molecular weight excluding hydrogens is 392 g/mol. The molecule has 2 fully saturated rings. The van der Waals surface area contributed by atoms with Gasteiger partial charge in [-0.05, 0) is 116 Å². The van der Waals surface area contributed by atoms with E-state index < -0.39 is 0 Å². The molecule has 0 spiro atoms. The number of benzene rings is 2. The topological polar surface area (TPSA) is 29.5 Å². The molecule has 5 rings (SSSR count). The van der Waals surface area contributed by atoms with E-state index in [1.807, 2.05) is 6.92 Å². The van der Waals surface area contributed by atoms with E-state index in [1.165, 1.54) is 55.2 Å². The van der Waals surface area contributed by atoms with Crippen molar-refractivity contribution in [2.45, 2.75) is 90.8 Å². The number of aliphatic hydroxyl groups is 1. The minimum Gasteiger partial charge on any atom is -0.489 e. The molecule has 32 heavy (non-hydrogen) atoms. The van der Waals surface area contributed by atoms with Crippen molar-refractivity contribution in [2.24, 2.45) is 23.2 Å². The van der Waals surface area contributed by atoms with Crippen LogP contribution in [0.1, 0.15) is 87.5 Å². The highest BCUT2D eigenvalue weighted by molar-refractivity contribution is 5.46. The largest absolute Gasteiger partial charge is 0.489 e. The average Bonchev–Trinajstić information content (AvgIpc) is 3.13. The quantitative estimate of drug-likeness (QED) is 0.529. The van der Waals surface area contributed by atoms with Crippen LogP contribution in [0.5, 0.6) is 5.75 Å². The van der Waals surface area contributed by atoms with Crippen molar-refractivity contribution >= 4 is 0 Å². The maximum absolute atomic E-state index is 10.1. The van der Waals surface area contributed by atoms with Crippen LogP contribution in [0.25, 0.3) is 0 Å². The van der Waals surface area contributed by atoms with Crippen LogP contribution in [-0.4, -0.2) is 11.2 Å². The Morgan fingerprint density at radius 2 is 1.91 bits per heavy atom. The van der Waals surface area contributed by atoms with Gasteiger partial charge in [-0.3, -0.25) is 0 Å². The molecule has 172 valence electrons. The van der Waals surface area contributed by atoms with Crippen LogP contribution in [0.2, 0.25) is 0 Å². The molecule has 2 aromatic carbocycles. The molecule has 6 atom stereocenters. The highest BCUT2D eigenvalue weighted by atomic mass is 16.5. The van der Waals surface area contributed by atoms with E-state index in [0.717, 1.165) is 36.3 Å². The van der Waals surface area contributed by atoms with Gasteiger partial charge < -0.3 is 9.84 Å². The lowest BCUT2D eigenvalue weighted by Crippen LogP contribution is -2.42. The first kappa shape index (κ1) is 22.0. The third-order valence-electron chi connectivity index (χ3n) is 9.35. The molecule has 0 bridgehead atoms. The van der Waals surface area contributed by atoms with Crippen LogP contribution in [0.3, 0.4) is 0 Å². The summed E-state index contributed by atoms with van der Waals surface area (Å²) in [5.41, 5.74) is 6.20. The lowest BCUT2D eigenvalue weighted by atomic mass is 9.54. The van der Waals surface area contributed by atoms with Gasteiger partial charge in [0, 0.05) is 0 Å². The number of rotatable bonds is 6. The van der Waals surface area contributed by atoms with E-state index in [9.17, 15) is 5.11 Å². The first-order chi connectivity index (χ1) is 15.5. The average molecular weight is 433 g/mol. The second kappa shape index (κ2) is 8.86. The van der Waals surface area contributed by atoms with Crippen LogP contribution in [0.4, 0.5) is 0 Å². The summed E-state index contributed by atoms with van der Waals surface area (Å²) < 4.78 is 6.33. The number of hydrogen-bond acceptors (Lipinski definition) is 2. The van der Waals surface area contributed by atoms with Gasteiger partial charge in [0.2, 0.25) is 0 Å². The van der Waals surface area contributed by atoms with Crippen LogP contribution in [-0.2, 0) is 19.4 Å². The van der Waals surface area contributed by atoms with Gasteiger partial charge in [-0.25, -0.2) is 0 Å². The predicted octanol–water partition coefficient (Wildman–Crippen LogP) is 7.07. The molecule has 0 aromatic heterocycles. The van der Waals surface area contributed by atoms with Gasteiger partial charge in [0.25, 0.3) is 0 Å². The fourth-order valence-electron chi connectivity index (χ4n) is 7.70. The molecule has 0 saturated heterocycles. The number of ether oxygens (including phenoxy) is 1. The molecule has 3 aliphatic rings. The molecule has 2 nitrogen and oxygen atoms in total. The normalized spacial score (nSPS) is 32.0. The van der Waals surface area contributed by atoms with Crippen molar-refractivity contribution in [1.29, 1.82) is 0 Å². The minimum absolute atomic E-state index is 0.165. The summed E-state index contributed by atoms with van der Waals surface area (Å²) in [5, 5.41) is 10.1. The van der Waals surface area contributed by atoms with Crippen LogP contribution in [0.15, 0.2) is 42.5 Å². The minimum atomic E-state index is -0.165. The monoisotopic (exact) mass is 432 g/mol. The number of fused-ring (bicyclic) bond motifs is 5. The van der Waals surface area contributed by atoms with Crippen molar-refractivity contribution in [3.8, 4) is 5.75 Å². The third kappa shape index (κ3) is 3.89. The van der Waals surface area contributed by atoms with Crippen molar-refractivity contribution in [2.75, 3.05) is 0 Å². The zero-order valence-corrected chi connectivity index (χ0v) is 20.1. The first-order valence-corrected chi connectivity index (χ1v) is 13.0. The lowest BCUT2D eigenvalue weighted by molar-refractivity contribution is 0.0121. The molecule has 4 unspecified atom stereocenters. The Balaban J connectivity index is 1.38. The van der Waals surface area contributed by atoms with Gasteiger partial charge in [-0.2, -0.15) is 0 Å². The van der Waals surface area contributed by atoms with E-state index in [2.05, 4.69) is 56.3 Å². The zero-order chi connectivity index (χ0) is 22.3. The van der Waals surface area contributed by atoms with E-state index >= 15 is 0 Å². The van der Waals surface area contributed by atoms with Crippen LogP contribution < -0.4 is 4.74 Å². The maximum Gasteiger partial charge on any atom is 0.123 e. The SMILES string of the molecule is CCc1cc2c(cc1OCc1ccccc1)CCC1C2CC[C@@]2(C)C1CC[C@@H]2CC(C)O. The Kier molecular flexibility index (Phi) is 6.09. The summed E-state index contributed by atoms with van der Waals surface area (Å²) in [6.45, 7) is 7.43. The molecule has 0 amide bonds. The molecule has 1 N–H and O–H groups in total. The molecule has 0 aliphatic heterocycles. The molecule has 0 heterocycles.